The maximum Gasteiger partial charge on any atom is 0.210 e. The van der Waals surface area contributed by atoms with Crippen LogP contribution in [0.4, 0.5) is 11.8 Å². The van der Waals surface area contributed by atoms with Gasteiger partial charge in [-0.15, -0.1) is 0 Å². The lowest BCUT2D eigenvalue weighted by Crippen LogP contribution is -2.34. The topological polar surface area (TPSA) is 109 Å². The summed E-state index contributed by atoms with van der Waals surface area (Å²) in [6, 6.07) is 2.30. The third-order valence-corrected chi connectivity index (χ3v) is 6.39. The van der Waals surface area contributed by atoms with Crippen LogP contribution in [0.2, 0.25) is 5.02 Å². The van der Waals surface area contributed by atoms with Crippen molar-refractivity contribution in [3.05, 3.63) is 47.8 Å². The number of fused-ring (bicyclic) bond motifs is 2. The van der Waals surface area contributed by atoms with Crippen molar-refractivity contribution in [1.82, 2.24) is 38.9 Å². The van der Waals surface area contributed by atoms with Gasteiger partial charge >= 0.3 is 0 Å². The van der Waals surface area contributed by atoms with Crippen molar-refractivity contribution < 1.29 is 9.47 Å². The minimum atomic E-state index is -0.0698. The van der Waals surface area contributed by atoms with Crippen LogP contribution in [0.3, 0.4) is 0 Å². The quantitative estimate of drug-likeness (QED) is 0.386. The van der Waals surface area contributed by atoms with Crippen molar-refractivity contribution >= 4 is 40.0 Å². The van der Waals surface area contributed by atoms with Gasteiger partial charge in [0.2, 0.25) is 5.95 Å². The number of pyridine rings is 1. The minimum absolute atomic E-state index is 0.0698. The largest absolute Gasteiger partial charge is 0.450 e. The van der Waals surface area contributed by atoms with Crippen LogP contribution in [0.25, 0.3) is 16.7 Å². The van der Waals surface area contributed by atoms with Crippen LogP contribution < -0.4 is 10.1 Å². The fraction of sp³-hybridized carbons (Fsp3) is 0.348. The number of nitrogens with zero attached hydrogens (tertiary/aromatic N) is 8. The lowest BCUT2D eigenvalue weighted by atomic mass is 9.91. The molecule has 0 aliphatic carbocycles. The Morgan fingerprint density at radius 3 is 2.74 bits per heavy atom. The van der Waals surface area contributed by atoms with Gasteiger partial charge in [-0.05, 0) is 0 Å². The van der Waals surface area contributed by atoms with E-state index in [2.05, 4.69) is 56.9 Å². The van der Waals surface area contributed by atoms with E-state index in [9.17, 15) is 0 Å². The highest BCUT2D eigenvalue weighted by molar-refractivity contribution is 6.36. The zero-order valence-electron chi connectivity index (χ0n) is 19.7. The van der Waals surface area contributed by atoms with E-state index in [4.69, 9.17) is 26.2 Å². The molecule has 0 spiro atoms. The summed E-state index contributed by atoms with van der Waals surface area (Å²) in [5.41, 5.74) is 2.92. The van der Waals surface area contributed by atoms with Gasteiger partial charge in [-0.2, -0.15) is 15.2 Å². The molecule has 0 bridgehead atoms. The van der Waals surface area contributed by atoms with Crippen LogP contribution >= 0.6 is 11.6 Å². The number of hydrogen-bond donors (Lipinski definition) is 1. The number of imidazole rings is 1. The molecule has 1 saturated heterocycles. The predicted molar refractivity (Wildman–Crippen MR) is 131 cm³/mol. The van der Waals surface area contributed by atoms with Gasteiger partial charge in [0.25, 0.3) is 0 Å². The summed E-state index contributed by atoms with van der Waals surface area (Å²) >= 11 is 6.76. The Morgan fingerprint density at radius 1 is 1.17 bits per heavy atom. The molecule has 11 nitrogen and oxygen atoms in total. The first-order chi connectivity index (χ1) is 16.8. The molecular formula is C23H24ClN9O2. The van der Waals surface area contributed by atoms with Crippen LogP contribution in [0.5, 0.6) is 11.5 Å². The monoisotopic (exact) mass is 493 g/mol. The van der Waals surface area contributed by atoms with E-state index in [1.165, 1.54) is 0 Å². The summed E-state index contributed by atoms with van der Waals surface area (Å²) < 4.78 is 17.0. The van der Waals surface area contributed by atoms with E-state index in [-0.39, 0.29) is 11.5 Å². The van der Waals surface area contributed by atoms with Crippen molar-refractivity contribution in [3.8, 4) is 11.5 Å². The van der Waals surface area contributed by atoms with Crippen molar-refractivity contribution in [1.29, 1.82) is 0 Å². The first-order valence-electron chi connectivity index (χ1n) is 11.2. The first-order valence-corrected chi connectivity index (χ1v) is 11.6. The third-order valence-electron chi connectivity index (χ3n) is 6.02. The highest BCUT2D eigenvalue weighted by Crippen LogP contribution is 2.37. The summed E-state index contributed by atoms with van der Waals surface area (Å²) in [5, 5.41) is 12.8. The molecule has 1 aliphatic heterocycles. The van der Waals surface area contributed by atoms with Crippen molar-refractivity contribution in [2.24, 2.45) is 7.05 Å². The minimum Gasteiger partial charge on any atom is -0.450 e. The van der Waals surface area contributed by atoms with Gasteiger partial charge in [-0.1, -0.05) is 32.4 Å². The third kappa shape index (κ3) is 3.67. The van der Waals surface area contributed by atoms with Crippen molar-refractivity contribution in [2.75, 3.05) is 18.5 Å². The molecule has 0 radical (unpaired) electrons. The fourth-order valence-corrected chi connectivity index (χ4v) is 4.38. The Labute approximate surface area is 205 Å². The Kier molecular flexibility index (Phi) is 4.94. The molecule has 1 fully saturated rings. The number of ether oxygens (including phenoxy) is 2. The molecule has 1 aliphatic rings. The van der Waals surface area contributed by atoms with Crippen LogP contribution in [0, 0.1) is 0 Å². The highest BCUT2D eigenvalue weighted by atomic mass is 35.5. The molecule has 1 N–H and O–H groups in total. The Morgan fingerprint density at radius 2 is 2.00 bits per heavy atom. The summed E-state index contributed by atoms with van der Waals surface area (Å²) in [6.45, 7) is 7.85. The van der Waals surface area contributed by atoms with E-state index in [1.807, 2.05) is 11.6 Å². The lowest BCUT2D eigenvalue weighted by molar-refractivity contribution is -0.0306. The zero-order valence-corrected chi connectivity index (χ0v) is 20.5. The lowest BCUT2D eigenvalue weighted by Gasteiger charge is -2.31. The zero-order chi connectivity index (χ0) is 24.3. The van der Waals surface area contributed by atoms with Crippen LogP contribution in [-0.4, -0.2) is 52.1 Å². The molecule has 0 atom stereocenters. The van der Waals surface area contributed by atoms with Crippen LogP contribution in [0.1, 0.15) is 32.5 Å². The number of nitrogens with one attached hydrogen (secondary N) is 1. The number of hydrogen-bond acceptors (Lipinski definition) is 8. The molecule has 0 saturated carbocycles. The second-order valence-electron chi connectivity index (χ2n) is 9.55. The smallest absolute Gasteiger partial charge is 0.210 e. The summed E-state index contributed by atoms with van der Waals surface area (Å²) in [7, 11) is 1.87. The van der Waals surface area contributed by atoms with Crippen molar-refractivity contribution in [2.45, 2.75) is 32.2 Å². The van der Waals surface area contributed by atoms with E-state index in [1.54, 1.807) is 35.5 Å². The molecule has 0 aromatic carbocycles. The van der Waals surface area contributed by atoms with Gasteiger partial charge in [-0.3, -0.25) is 9.67 Å². The normalized spacial score (nSPS) is 14.5. The van der Waals surface area contributed by atoms with E-state index in [0.29, 0.717) is 52.7 Å². The maximum atomic E-state index is 6.76. The molecular weight excluding hydrogens is 470 g/mol. The number of halogens is 1. The van der Waals surface area contributed by atoms with Gasteiger partial charge in [0, 0.05) is 36.6 Å². The second kappa shape index (κ2) is 7.92. The molecule has 5 aromatic heterocycles. The number of anilines is 2. The van der Waals surface area contributed by atoms with Gasteiger partial charge in [0.05, 0.1) is 37.8 Å². The highest BCUT2D eigenvalue weighted by Gasteiger charge is 2.29. The molecule has 5 aromatic rings. The average molecular weight is 494 g/mol. The summed E-state index contributed by atoms with van der Waals surface area (Å²) in [4.78, 5) is 13.2. The number of aryl methyl sites for hydroxylation is 1. The fourth-order valence-electron chi connectivity index (χ4n) is 4.08. The molecule has 180 valence electrons. The predicted octanol–water partition coefficient (Wildman–Crippen LogP) is 4.27. The Balaban J connectivity index is 1.34. The summed E-state index contributed by atoms with van der Waals surface area (Å²) in [5.74, 6) is 2.20. The van der Waals surface area contributed by atoms with Crippen LogP contribution in [0.15, 0.2) is 37.1 Å². The van der Waals surface area contributed by atoms with E-state index >= 15 is 0 Å². The second-order valence-corrected chi connectivity index (χ2v) is 9.92. The molecule has 0 amide bonds. The number of rotatable bonds is 5. The first kappa shape index (κ1) is 21.8. The summed E-state index contributed by atoms with van der Waals surface area (Å²) in [6.07, 6.45) is 8.25. The van der Waals surface area contributed by atoms with E-state index in [0.717, 1.165) is 11.2 Å². The van der Waals surface area contributed by atoms with Crippen molar-refractivity contribution in [3.63, 3.8) is 0 Å². The Hall–Kier alpha value is -3.70. The number of aromatic nitrogens is 8. The molecule has 6 rings (SSSR count). The van der Waals surface area contributed by atoms with E-state index < -0.39 is 0 Å². The van der Waals surface area contributed by atoms with Gasteiger partial charge in [0.1, 0.15) is 16.1 Å². The standard InChI is InChI=1S/C23H24ClN9O2/c1-23(2,3)17-7-18(30-33(17)13-11-34-12-13)28-22-29-21-20(31(22)4)19(24)16(9-26-21)35-15-10-27-32-6-5-25-8-14(15)32/h5-10,13H,11-12H2,1-4H3,(H,26,28,29,30). The SMILES string of the molecule is Cn1c(Nc2cc(C(C)(C)C)n(C3COC3)n2)nc2ncc(Oc3cnn4ccncc34)c(Cl)c21. The molecule has 12 heteroatoms. The molecule has 6 heterocycles. The Bertz CT molecular complexity index is 1560. The van der Waals surface area contributed by atoms with Gasteiger partial charge in [0.15, 0.2) is 23.0 Å². The average Bonchev–Trinajstić information content (AvgIpc) is 3.46. The maximum absolute atomic E-state index is 6.76. The molecule has 35 heavy (non-hydrogen) atoms. The van der Waals surface area contributed by atoms with Crippen LogP contribution in [-0.2, 0) is 17.2 Å². The van der Waals surface area contributed by atoms with Gasteiger partial charge in [-0.25, -0.2) is 9.50 Å². The molecule has 0 unspecified atom stereocenters. The van der Waals surface area contributed by atoms with Gasteiger partial charge < -0.3 is 19.4 Å².